The number of nitrogens with zero attached hydrogens (tertiary/aromatic N) is 1. The molecule has 1 aromatic carbocycles. The van der Waals surface area contributed by atoms with Crippen LogP contribution in [0.5, 0.6) is 0 Å². The highest BCUT2D eigenvalue weighted by molar-refractivity contribution is 6.22. The normalized spacial score (nSPS) is 18.4. The van der Waals surface area contributed by atoms with E-state index in [1.165, 1.54) is 6.42 Å². The van der Waals surface area contributed by atoms with E-state index in [1.807, 2.05) is 12.1 Å². The molecule has 0 spiro atoms. The number of amides is 2. The van der Waals surface area contributed by atoms with E-state index < -0.39 is 0 Å². The number of imide groups is 1. The van der Waals surface area contributed by atoms with Crippen LogP contribution in [0.1, 0.15) is 45.5 Å². The number of ether oxygens (including phenoxy) is 1. The van der Waals surface area contributed by atoms with Crippen LogP contribution in [-0.2, 0) is 11.2 Å². The number of unbranched alkanes of at least 4 members (excludes halogenated alkanes) is 2. The lowest BCUT2D eigenvalue weighted by Crippen LogP contribution is -2.36. The minimum atomic E-state index is -0.269. The van der Waals surface area contributed by atoms with E-state index in [0.29, 0.717) is 11.1 Å². The zero-order valence-corrected chi connectivity index (χ0v) is 12.8. The van der Waals surface area contributed by atoms with E-state index in [2.05, 4.69) is 10.2 Å². The second kappa shape index (κ2) is 7.03. The number of benzene rings is 1. The highest BCUT2D eigenvalue weighted by Crippen LogP contribution is 2.21. The molecule has 1 aromatic rings. The molecule has 5 nitrogen and oxygen atoms in total. The lowest BCUT2D eigenvalue weighted by molar-refractivity contribution is 0.0371. The highest BCUT2D eigenvalue weighted by Gasteiger charge is 2.28. The quantitative estimate of drug-likeness (QED) is 0.641. The zero-order valence-electron chi connectivity index (χ0n) is 12.8. The Kier molecular flexibility index (Phi) is 4.85. The van der Waals surface area contributed by atoms with E-state index in [9.17, 15) is 9.59 Å². The summed E-state index contributed by atoms with van der Waals surface area (Å²) >= 11 is 0. The van der Waals surface area contributed by atoms with Crippen molar-refractivity contribution in [2.45, 2.75) is 25.7 Å². The molecule has 0 saturated carbocycles. The molecule has 118 valence electrons. The second-order valence-corrected chi connectivity index (χ2v) is 5.89. The fourth-order valence-corrected chi connectivity index (χ4v) is 3.15. The SMILES string of the molecule is O=C1NC(=O)c2c(CCCCCN3CCOCC3)cccc21. The number of morpholine rings is 1. The summed E-state index contributed by atoms with van der Waals surface area (Å²) < 4.78 is 5.34. The molecule has 22 heavy (non-hydrogen) atoms. The Morgan fingerprint density at radius 1 is 1.05 bits per heavy atom. The van der Waals surface area contributed by atoms with Gasteiger partial charge in [0.25, 0.3) is 11.8 Å². The van der Waals surface area contributed by atoms with Gasteiger partial charge in [-0.15, -0.1) is 0 Å². The lowest BCUT2D eigenvalue weighted by Gasteiger charge is -2.26. The number of fused-ring (bicyclic) bond motifs is 1. The molecule has 0 radical (unpaired) electrons. The maximum absolute atomic E-state index is 11.8. The summed E-state index contributed by atoms with van der Waals surface area (Å²) in [6.45, 7) is 4.89. The third-order valence-corrected chi connectivity index (χ3v) is 4.37. The fourth-order valence-electron chi connectivity index (χ4n) is 3.15. The van der Waals surface area contributed by atoms with E-state index in [4.69, 9.17) is 4.74 Å². The summed E-state index contributed by atoms with van der Waals surface area (Å²) in [6.07, 6.45) is 4.20. The Balaban J connectivity index is 1.46. The predicted octanol–water partition coefficient (Wildman–Crippen LogP) is 1.62. The Morgan fingerprint density at radius 2 is 1.86 bits per heavy atom. The lowest BCUT2D eigenvalue weighted by atomic mass is 9.98. The van der Waals surface area contributed by atoms with Crippen LogP contribution in [0.15, 0.2) is 18.2 Å². The molecule has 1 N–H and O–H groups in total. The fraction of sp³-hybridized carbons (Fsp3) is 0.529. The molecule has 0 unspecified atom stereocenters. The smallest absolute Gasteiger partial charge is 0.259 e. The van der Waals surface area contributed by atoms with Gasteiger partial charge in [0, 0.05) is 13.1 Å². The maximum atomic E-state index is 11.8. The standard InChI is InChI=1S/C17H22N2O3/c20-16-14-7-4-6-13(15(14)17(21)18-16)5-2-1-3-8-19-9-11-22-12-10-19/h4,6-7H,1-3,5,8-12H2,(H,18,20,21). The van der Waals surface area contributed by atoms with Crippen LogP contribution in [-0.4, -0.2) is 49.6 Å². The van der Waals surface area contributed by atoms with Gasteiger partial charge in [-0.1, -0.05) is 18.6 Å². The summed E-state index contributed by atoms with van der Waals surface area (Å²) in [5.74, 6) is -0.516. The zero-order chi connectivity index (χ0) is 15.4. The monoisotopic (exact) mass is 302 g/mol. The van der Waals surface area contributed by atoms with Gasteiger partial charge in [0.05, 0.1) is 24.3 Å². The molecule has 2 heterocycles. The van der Waals surface area contributed by atoms with Crippen molar-refractivity contribution in [2.75, 3.05) is 32.8 Å². The van der Waals surface area contributed by atoms with Crippen molar-refractivity contribution in [1.29, 1.82) is 0 Å². The first-order valence-electron chi connectivity index (χ1n) is 8.03. The van der Waals surface area contributed by atoms with E-state index in [1.54, 1.807) is 6.07 Å². The number of rotatable bonds is 6. The Hall–Kier alpha value is -1.72. The van der Waals surface area contributed by atoms with Crippen LogP contribution in [0.25, 0.3) is 0 Å². The minimum absolute atomic E-state index is 0.246. The summed E-state index contributed by atoms with van der Waals surface area (Å²) in [7, 11) is 0. The molecule has 5 heteroatoms. The maximum Gasteiger partial charge on any atom is 0.259 e. The number of carbonyl (C=O) groups is 2. The van der Waals surface area contributed by atoms with Crippen molar-refractivity contribution >= 4 is 11.8 Å². The molecule has 0 aromatic heterocycles. The third kappa shape index (κ3) is 3.36. The van der Waals surface area contributed by atoms with Crippen LogP contribution < -0.4 is 5.32 Å². The average Bonchev–Trinajstić information content (AvgIpc) is 2.83. The summed E-state index contributed by atoms with van der Waals surface area (Å²) in [5, 5.41) is 2.37. The van der Waals surface area contributed by atoms with Gasteiger partial charge in [-0.2, -0.15) is 0 Å². The van der Waals surface area contributed by atoms with E-state index >= 15 is 0 Å². The predicted molar refractivity (Wildman–Crippen MR) is 83.1 cm³/mol. The first-order valence-corrected chi connectivity index (χ1v) is 8.03. The van der Waals surface area contributed by atoms with Crippen LogP contribution in [0, 0.1) is 0 Å². The molecule has 1 saturated heterocycles. The molecule has 1 fully saturated rings. The summed E-state index contributed by atoms with van der Waals surface area (Å²) in [5.41, 5.74) is 2.10. The van der Waals surface area contributed by atoms with Gasteiger partial charge in [0.15, 0.2) is 0 Å². The van der Waals surface area contributed by atoms with Gasteiger partial charge in [-0.25, -0.2) is 0 Å². The molecule has 3 rings (SSSR count). The summed E-state index contributed by atoms with van der Waals surface area (Å²) in [6, 6.07) is 5.54. The van der Waals surface area contributed by atoms with Gasteiger partial charge < -0.3 is 4.74 Å². The van der Waals surface area contributed by atoms with Crippen LogP contribution >= 0.6 is 0 Å². The largest absolute Gasteiger partial charge is 0.379 e. The highest BCUT2D eigenvalue weighted by atomic mass is 16.5. The molecule has 0 atom stereocenters. The second-order valence-electron chi connectivity index (χ2n) is 5.89. The van der Waals surface area contributed by atoms with Crippen molar-refractivity contribution < 1.29 is 14.3 Å². The number of aryl methyl sites for hydroxylation is 1. The molecule has 2 amide bonds. The minimum Gasteiger partial charge on any atom is -0.379 e. The summed E-state index contributed by atoms with van der Waals surface area (Å²) in [4.78, 5) is 25.9. The van der Waals surface area contributed by atoms with Gasteiger partial charge in [0.2, 0.25) is 0 Å². The van der Waals surface area contributed by atoms with Crippen LogP contribution in [0.2, 0.25) is 0 Å². The molecular weight excluding hydrogens is 280 g/mol. The Morgan fingerprint density at radius 3 is 2.68 bits per heavy atom. The first-order chi connectivity index (χ1) is 10.8. The van der Waals surface area contributed by atoms with Crippen molar-refractivity contribution in [3.8, 4) is 0 Å². The molecule has 2 aliphatic rings. The van der Waals surface area contributed by atoms with Crippen molar-refractivity contribution in [3.05, 3.63) is 34.9 Å². The van der Waals surface area contributed by atoms with Crippen molar-refractivity contribution in [2.24, 2.45) is 0 Å². The molecule has 2 aliphatic heterocycles. The first kappa shape index (κ1) is 15.2. The van der Waals surface area contributed by atoms with Gasteiger partial charge in [-0.3, -0.25) is 19.8 Å². The van der Waals surface area contributed by atoms with Crippen LogP contribution in [0.3, 0.4) is 0 Å². The van der Waals surface area contributed by atoms with Gasteiger partial charge in [-0.05, 0) is 37.4 Å². The van der Waals surface area contributed by atoms with E-state index in [0.717, 1.165) is 57.7 Å². The number of hydrogen-bond acceptors (Lipinski definition) is 4. The number of carbonyl (C=O) groups excluding carboxylic acids is 2. The molecule has 0 aliphatic carbocycles. The Bertz CT molecular complexity index is 565. The van der Waals surface area contributed by atoms with Gasteiger partial charge in [0.1, 0.15) is 0 Å². The van der Waals surface area contributed by atoms with Crippen molar-refractivity contribution in [1.82, 2.24) is 10.2 Å². The number of hydrogen-bond donors (Lipinski definition) is 1. The molecule has 0 bridgehead atoms. The van der Waals surface area contributed by atoms with Crippen molar-refractivity contribution in [3.63, 3.8) is 0 Å². The Labute approximate surface area is 130 Å². The average molecular weight is 302 g/mol. The van der Waals surface area contributed by atoms with Gasteiger partial charge >= 0.3 is 0 Å². The topological polar surface area (TPSA) is 58.6 Å². The van der Waals surface area contributed by atoms with E-state index in [-0.39, 0.29) is 11.8 Å². The number of nitrogens with one attached hydrogen (secondary N) is 1. The molecular formula is C17H22N2O3. The van der Waals surface area contributed by atoms with Crippen LogP contribution in [0.4, 0.5) is 0 Å². The third-order valence-electron chi connectivity index (χ3n) is 4.37.